The predicted octanol–water partition coefficient (Wildman–Crippen LogP) is 4.00. The van der Waals surface area contributed by atoms with Crippen molar-refractivity contribution in [2.24, 2.45) is 0 Å². The summed E-state index contributed by atoms with van der Waals surface area (Å²) in [6.07, 6.45) is 2.67. The second-order valence-corrected chi connectivity index (χ2v) is 4.77. The van der Waals surface area contributed by atoms with Gasteiger partial charge in [-0.15, -0.1) is 0 Å². The van der Waals surface area contributed by atoms with Crippen LogP contribution in [0.3, 0.4) is 0 Å². The number of aliphatic carboxylic acids is 1. The molecular formula is C17H16FNO2. The van der Waals surface area contributed by atoms with Gasteiger partial charge in [0, 0.05) is 24.5 Å². The minimum absolute atomic E-state index is 0.290. The second kappa shape index (κ2) is 6.22. The van der Waals surface area contributed by atoms with Gasteiger partial charge in [-0.3, -0.25) is 0 Å². The number of benzene rings is 2. The van der Waals surface area contributed by atoms with Crippen molar-refractivity contribution in [1.82, 2.24) is 0 Å². The van der Waals surface area contributed by atoms with Crippen LogP contribution >= 0.6 is 0 Å². The number of halogens is 1. The van der Waals surface area contributed by atoms with Gasteiger partial charge in [0.1, 0.15) is 5.82 Å². The molecule has 0 fully saturated rings. The highest BCUT2D eigenvalue weighted by Crippen LogP contribution is 2.28. The maximum Gasteiger partial charge on any atom is 0.328 e. The van der Waals surface area contributed by atoms with Crippen molar-refractivity contribution < 1.29 is 14.3 Å². The average Bonchev–Trinajstić information content (AvgIpc) is 2.45. The molecule has 3 nitrogen and oxygen atoms in total. The van der Waals surface area contributed by atoms with E-state index in [1.807, 2.05) is 37.1 Å². The predicted molar refractivity (Wildman–Crippen MR) is 82.3 cm³/mol. The van der Waals surface area contributed by atoms with Crippen molar-refractivity contribution in [1.29, 1.82) is 0 Å². The highest BCUT2D eigenvalue weighted by molar-refractivity contribution is 5.87. The maximum absolute atomic E-state index is 13.0. The number of hydrogen-bond donors (Lipinski definition) is 1. The smallest absolute Gasteiger partial charge is 0.328 e. The van der Waals surface area contributed by atoms with Gasteiger partial charge >= 0.3 is 5.97 Å². The molecule has 0 bridgehead atoms. The van der Waals surface area contributed by atoms with Gasteiger partial charge < -0.3 is 10.0 Å². The van der Waals surface area contributed by atoms with Gasteiger partial charge in [-0.1, -0.05) is 11.6 Å². The molecule has 0 amide bonds. The number of carboxylic acids is 1. The molecule has 0 aromatic heterocycles. The molecule has 0 spiro atoms. The van der Waals surface area contributed by atoms with Crippen molar-refractivity contribution >= 4 is 23.4 Å². The summed E-state index contributed by atoms with van der Waals surface area (Å²) < 4.78 is 13.0. The van der Waals surface area contributed by atoms with Crippen molar-refractivity contribution in [2.75, 3.05) is 11.9 Å². The summed E-state index contributed by atoms with van der Waals surface area (Å²) in [6, 6.07) is 11.9. The Morgan fingerprint density at radius 1 is 1.19 bits per heavy atom. The molecule has 0 atom stereocenters. The summed E-state index contributed by atoms with van der Waals surface area (Å²) in [6.45, 7) is 1.94. The van der Waals surface area contributed by atoms with Crippen molar-refractivity contribution in [2.45, 2.75) is 6.92 Å². The lowest BCUT2D eigenvalue weighted by molar-refractivity contribution is -0.131. The summed E-state index contributed by atoms with van der Waals surface area (Å²) in [7, 11) is 1.86. The molecule has 0 aliphatic carbocycles. The lowest BCUT2D eigenvalue weighted by Gasteiger charge is -2.22. The number of hydrogen-bond acceptors (Lipinski definition) is 2. The molecule has 0 radical (unpaired) electrons. The van der Waals surface area contributed by atoms with Crippen LogP contribution in [0.2, 0.25) is 0 Å². The van der Waals surface area contributed by atoms with E-state index in [2.05, 4.69) is 0 Å². The quantitative estimate of drug-likeness (QED) is 0.863. The van der Waals surface area contributed by atoms with Crippen molar-refractivity contribution in [3.63, 3.8) is 0 Å². The summed E-state index contributed by atoms with van der Waals surface area (Å²) in [5, 5.41) is 8.78. The first-order valence-corrected chi connectivity index (χ1v) is 6.48. The van der Waals surface area contributed by atoms with E-state index in [1.54, 1.807) is 18.2 Å². The third-order valence-corrected chi connectivity index (χ3v) is 3.16. The molecule has 2 rings (SSSR count). The Bertz CT molecular complexity index is 678. The Hall–Kier alpha value is -2.62. The van der Waals surface area contributed by atoms with Crippen LogP contribution in [0.5, 0.6) is 0 Å². The molecule has 0 aliphatic heterocycles. The Labute approximate surface area is 123 Å². The van der Waals surface area contributed by atoms with Crippen molar-refractivity contribution in [3.05, 3.63) is 65.5 Å². The molecule has 108 valence electrons. The first-order chi connectivity index (χ1) is 9.97. The van der Waals surface area contributed by atoms with Crippen LogP contribution in [0.25, 0.3) is 6.08 Å². The fourth-order valence-electron chi connectivity index (χ4n) is 2.08. The van der Waals surface area contributed by atoms with Gasteiger partial charge in [-0.05, 0) is 55.0 Å². The summed E-state index contributed by atoms with van der Waals surface area (Å²) >= 11 is 0. The van der Waals surface area contributed by atoms with Gasteiger partial charge in [0.2, 0.25) is 0 Å². The minimum atomic E-state index is -0.994. The third-order valence-electron chi connectivity index (χ3n) is 3.16. The highest BCUT2D eigenvalue weighted by atomic mass is 19.1. The van der Waals surface area contributed by atoms with Crippen LogP contribution in [0.4, 0.5) is 15.8 Å². The number of anilines is 2. The number of aryl methyl sites for hydroxylation is 1. The first-order valence-electron chi connectivity index (χ1n) is 6.48. The van der Waals surface area contributed by atoms with Gasteiger partial charge in [0.15, 0.2) is 0 Å². The van der Waals surface area contributed by atoms with E-state index in [9.17, 15) is 9.18 Å². The van der Waals surface area contributed by atoms with Crippen LogP contribution in [-0.2, 0) is 4.79 Å². The van der Waals surface area contributed by atoms with Gasteiger partial charge in [-0.25, -0.2) is 9.18 Å². The Morgan fingerprint density at radius 2 is 1.86 bits per heavy atom. The zero-order valence-electron chi connectivity index (χ0n) is 11.9. The molecule has 4 heteroatoms. The van der Waals surface area contributed by atoms with E-state index in [-0.39, 0.29) is 5.82 Å². The van der Waals surface area contributed by atoms with Crippen molar-refractivity contribution in [3.8, 4) is 0 Å². The van der Waals surface area contributed by atoms with E-state index < -0.39 is 5.97 Å². The van der Waals surface area contributed by atoms with Crippen LogP contribution in [0.15, 0.2) is 48.5 Å². The Kier molecular flexibility index (Phi) is 4.38. The zero-order valence-corrected chi connectivity index (χ0v) is 11.9. The number of carbonyl (C=O) groups is 1. The number of nitrogens with zero attached hydrogens (tertiary/aromatic N) is 1. The molecular weight excluding hydrogens is 269 g/mol. The van der Waals surface area contributed by atoms with E-state index in [4.69, 9.17) is 5.11 Å². The minimum Gasteiger partial charge on any atom is -0.478 e. The maximum atomic E-state index is 13.0. The molecule has 0 aliphatic rings. The zero-order chi connectivity index (χ0) is 15.4. The lowest BCUT2D eigenvalue weighted by Crippen LogP contribution is -2.11. The van der Waals surface area contributed by atoms with E-state index >= 15 is 0 Å². The van der Waals surface area contributed by atoms with Crippen LogP contribution < -0.4 is 4.90 Å². The van der Waals surface area contributed by atoms with E-state index in [1.165, 1.54) is 12.1 Å². The second-order valence-electron chi connectivity index (χ2n) is 4.77. The van der Waals surface area contributed by atoms with Crippen LogP contribution in [0, 0.1) is 12.7 Å². The van der Waals surface area contributed by atoms with E-state index in [0.717, 1.165) is 28.6 Å². The molecule has 2 aromatic rings. The van der Waals surface area contributed by atoms with E-state index in [0.29, 0.717) is 0 Å². The summed E-state index contributed by atoms with van der Waals surface area (Å²) in [5.41, 5.74) is 3.51. The fourth-order valence-corrected chi connectivity index (χ4v) is 2.08. The average molecular weight is 285 g/mol. The topological polar surface area (TPSA) is 40.5 Å². The summed E-state index contributed by atoms with van der Waals surface area (Å²) in [4.78, 5) is 12.6. The normalized spacial score (nSPS) is 10.8. The number of rotatable bonds is 4. The van der Waals surface area contributed by atoms with Crippen LogP contribution in [0.1, 0.15) is 11.1 Å². The molecule has 0 saturated carbocycles. The van der Waals surface area contributed by atoms with Gasteiger partial charge in [0.25, 0.3) is 0 Å². The Balaban J connectivity index is 2.42. The molecule has 1 N–H and O–H groups in total. The molecule has 0 saturated heterocycles. The first kappa shape index (κ1) is 14.8. The van der Waals surface area contributed by atoms with Gasteiger partial charge in [0.05, 0.1) is 0 Å². The third kappa shape index (κ3) is 3.69. The fraction of sp³-hybridized carbons (Fsp3) is 0.118. The Morgan fingerprint density at radius 3 is 2.48 bits per heavy atom. The van der Waals surface area contributed by atoms with Gasteiger partial charge in [-0.2, -0.15) is 0 Å². The summed E-state index contributed by atoms with van der Waals surface area (Å²) in [5.74, 6) is -1.28. The molecule has 0 unspecified atom stereocenters. The largest absolute Gasteiger partial charge is 0.478 e. The molecule has 21 heavy (non-hydrogen) atoms. The highest BCUT2D eigenvalue weighted by Gasteiger charge is 2.08. The van der Waals surface area contributed by atoms with Crippen LogP contribution in [-0.4, -0.2) is 18.1 Å². The SMILES string of the molecule is Cc1ccc(N(C)c2ccc(F)cc2)c(/C=C/C(=O)O)c1. The lowest BCUT2D eigenvalue weighted by atomic mass is 10.1. The monoisotopic (exact) mass is 285 g/mol. The standard InChI is InChI=1S/C17H16FNO2/c1-12-3-9-16(13(11-12)4-10-17(20)21)19(2)15-7-5-14(18)6-8-15/h3-11H,1-2H3,(H,20,21)/b10-4+. The molecule has 0 heterocycles. The molecule has 2 aromatic carbocycles. The number of carboxylic acid groups (broad SMARTS) is 1.